The molecule has 1 rings (SSSR count). The molecule has 0 aliphatic carbocycles. The zero-order valence-corrected chi connectivity index (χ0v) is 11.2. The average Bonchev–Trinajstić information content (AvgIpc) is 2.23. The minimum Gasteiger partial charge on any atom is -0.350 e. The van der Waals surface area contributed by atoms with E-state index in [2.05, 4.69) is 5.32 Å². The van der Waals surface area contributed by atoms with Gasteiger partial charge in [0.15, 0.2) is 0 Å². The van der Waals surface area contributed by atoms with Crippen LogP contribution < -0.4 is 5.32 Å². The van der Waals surface area contributed by atoms with Crippen molar-refractivity contribution in [2.24, 2.45) is 0 Å². The molecule has 0 aromatic heterocycles. The summed E-state index contributed by atoms with van der Waals surface area (Å²) in [6.45, 7) is 3.67. The largest absolute Gasteiger partial charge is 0.350 e. The van der Waals surface area contributed by atoms with Crippen LogP contribution in [0.15, 0.2) is 12.1 Å². The van der Waals surface area contributed by atoms with Gasteiger partial charge in [-0.2, -0.15) is 0 Å². The summed E-state index contributed by atoms with van der Waals surface area (Å²) < 4.78 is 13.3. The van der Waals surface area contributed by atoms with E-state index in [9.17, 15) is 9.18 Å². The van der Waals surface area contributed by atoms with Crippen molar-refractivity contribution in [1.82, 2.24) is 5.32 Å². The van der Waals surface area contributed by atoms with Crippen LogP contribution in [0.2, 0.25) is 10.0 Å². The number of amides is 1. The van der Waals surface area contributed by atoms with E-state index in [0.717, 1.165) is 6.42 Å². The molecule has 0 spiro atoms. The second-order valence-corrected chi connectivity index (χ2v) is 4.64. The molecule has 5 heteroatoms. The van der Waals surface area contributed by atoms with Crippen molar-refractivity contribution in [3.63, 3.8) is 0 Å². The number of hydrogen-bond acceptors (Lipinski definition) is 1. The third-order valence-electron chi connectivity index (χ3n) is 2.36. The summed E-state index contributed by atoms with van der Waals surface area (Å²) in [5, 5.41) is 3.08. The summed E-state index contributed by atoms with van der Waals surface area (Å²) in [4.78, 5) is 11.4. The van der Waals surface area contributed by atoms with Crippen LogP contribution in [0.4, 0.5) is 4.39 Å². The first-order valence-electron chi connectivity index (χ1n) is 5.39. The van der Waals surface area contributed by atoms with Gasteiger partial charge in [0.05, 0.1) is 11.1 Å². The first-order chi connectivity index (χ1) is 7.95. The number of nitrogens with one attached hydrogen (secondary N) is 1. The molecule has 0 fully saturated rings. The minimum absolute atomic E-state index is 0.0224. The fraction of sp³-hybridized carbons (Fsp3) is 0.417. The molecule has 1 amide bonds. The monoisotopic (exact) mass is 277 g/mol. The number of hydrogen-bond donors (Lipinski definition) is 1. The van der Waals surface area contributed by atoms with Crippen LogP contribution in [-0.4, -0.2) is 5.91 Å². The number of rotatable bonds is 4. The lowest BCUT2D eigenvalue weighted by Gasteiger charge is -2.16. The average molecular weight is 278 g/mol. The van der Waals surface area contributed by atoms with Gasteiger partial charge in [0.25, 0.3) is 0 Å². The molecule has 0 heterocycles. The van der Waals surface area contributed by atoms with Crippen LogP contribution >= 0.6 is 23.2 Å². The molecule has 2 nitrogen and oxygen atoms in total. The molecule has 1 atom stereocenters. The van der Waals surface area contributed by atoms with Gasteiger partial charge in [-0.05, 0) is 31.0 Å². The second-order valence-electron chi connectivity index (χ2n) is 3.83. The molecule has 0 aliphatic rings. The topological polar surface area (TPSA) is 29.1 Å². The number of benzene rings is 1. The van der Waals surface area contributed by atoms with Gasteiger partial charge in [-0.15, -0.1) is 0 Å². The lowest BCUT2D eigenvalue weighted by molar-refractivity contribution is -0.121. The molecule has 0 saturated carbocycles. The van der Waals surface area contributed by atoms with E-state index in [-0.39, 0.29) is 17.0 Å². The Morgan fingerprint density at radius 1 is 1.41 bits per heavy atom. The number of carbonyl (C=O) groups is 1. The van der Waals surface area contributed by atoms with Crippen molar-refractivity contribution in [3.8, 4) is 0 Å². The van der Waals surface area contributed by atoms with E-state index in [1.165, 1.54) is 12.1 Å². The quantitative estimate of drug-likeness (QED) is 0.825. The highest BCUT2D eigenvalue weighted by Gasteiger charge is 2.15. The Kier molecular flexibility index (Phi) is 5.22. The lowest BCUT2D eigenvalue weighted by atomic mass is 10.1. The van der Waals surface area contributed by atoms with E-state index in [1.54, 1.807) is 6.92 Å². The maximum Gasteiger partial charge on any atom is 0.220 e. The maximum absolute atomic E-state index is 13.3. The van der Waals surface area contributed by atoms with Gasteiger partial charge in [0.2, 0.25) is 5.91 Å². The van der Waals surface area contributed by atoms with Crippen LogP contribution in [0.3, 0.4) is 0 Å². The molecule has 0 bridgehead atoms. The molecule has 17 heavy (non-hydrogen) atoms. The van der Waals surface area contributed by atoms with Gasteiger partial charge in [0, 0.05) is 11.4 Å². The fourth-order valence-electron chi connectivity index (χ4n) is 1.49. The van der Waals surface area contributed by atoms with Crippen molar-refractivity contribution < 1.29 is 9.18 Å². The summed E-state index contributed by atoms with van der Waals surface area (Å²) >= 11 is 11.6. The van der Waals surface area contributed by atoms with Gasteiger partial charge in [-0.3, -0.25) is 4.79 Å². The molecule has 94 valence electrons. The molecule has 1 unspecified atom stereocenters. The third-order valence-corrected chi connectivity index (χ3v) is 2.98. The van der Waals surface area contributed by atoms with Crippen LogP contribution in [0.5, 0.6) is 0 Å². The highest BCUT2D eigenvalue weighted by molar-refractivity contribution is 6.35. The van der Waals surface area contributed by atoms with Gasteiger partial charge < -0.3 is 5.32 Å². The fourth-order valence-corrected chi connectivity index (χ4v) is 2.04. The molecular formula is C12H14Cl2FNO. The number of carbonyl (C=O) groups excluding carboxylic acids is 1. The van der Waals surface area contributed by atoms with Crippen molar-refractivity contribution in [1.29, 1.82) is 0 Å². The minimum atomic E-state index is -0.539. The third kappa shape index (κ3) is 3.86. The van der Waals surface area contributed by atoms with Crippen molar-refractivity contribution in [3.05, 3.63) is 33.6 Å². The number of halogens is 3. The van der Waals surface area contributed by atoms with Crippen molar-refractivity contribution in [2.75, 3.05) is 0 Å². The standard InChI is InChI=1S/C12H14Cl2FNO/c1-3-4-12(17)16-7(2)8-5-11(15)10(14)6-9(8)13/h5-7H,3-4H2,1-2H3,(H,16,17). The smallest absolute Gasteiger partial charge is 0.220 e. The molecule has 0 aliphatic heterocycles. The first-order valence-corrected chi connectivity index (χ1v) is 6.15. The Morgan fingerprint density at radius 2 is 2.06 bits per heavy atom. The zero-order valence-electron chi connectivity index (χ0n) is 9.69. The SMILES string of the molecule is CCCC(=O)NC(C)c1cc(F)c(Cl)cc1Cl. The highest BCUT2D eigenvalue weighted by Crippen LogP contribution is 2.28. The van der Waals surface area contributed by atoms with Crippen LogP contribution in [0.25, 0.3) is 0 Å². The summed E-state index contributed by atoms with van der Waals surface area (Å²) in [6.07, 6.45) is 1.21. The van der Waals surface area contributed by atoms with Crippen molar-refractivity contribution in [2.45, 2.75) is 32.7 Å². The summed E-state index contributed by atoms with van der Waals surface area (Å²) in [5.74, 6) is -0.617. The van der Waals surface area contributed by atoms with Gasteiger partial charge in [-0.25, -0.2) is 4.39 Å². The van der Waals surface area contributed by atoms with Gasteiger partial charge >= 0.3 is 0 Å². The van der Waals surface area contributed by atoms with Crippen LogP contribution in [-0.2, 0) is 4.79 Å². The van der Waals surface area contributed by atoms with E-state index < -0.39 is 5.82 Å². The first kappa shape index (κ1) is 14.3. The lowest BCUT2D eigenvalue weighted by Crippen LogP contribution is -2.26. The zero-order chi connectivity index (χ0) is 13.0. The molecule has 1 aromatic rings. The second kappa shape index (κ2) is 6.22. The maximum atomic E-state index is 13.3. The Bertz CT molecular complexity index is 423. The molecule has 1 N–H and O–H groups in total. The van der Waals surface area contributed by atoms with Crippen LogP contribution in [0.1, 0.15) is 38.3 Å². The normalized spacial score (nSPS) is 12.3. The van der Waals surface area contributed by atoms with E-state index in [1.807, 2.05) is 6.92 Å². The van der Waals surface area contributed by atoms with Gasteiger partial charge in [-0.1, -0.05) is 30.1 Å². The summed E-state index contributed by atoms with van der Waals surface area (Å²) in [5.41, 5.74) is 0.526. The van der Waals surface area contributed by atoms with E-state index in [0.29, 0.717) is 17.0 Å². The predicted octanol–water partition coefficient (Wildman–Crippen LogP) is 4.11. The molecule has 0 saturated heterocycles. The van der Waals surface area contributed by atoms with Gasteiger partial charge in [0.1, 0.15) is 5.82 Å². The summed E-state index contributed by atoms with van der Waals surface area (Å²) in [6, 6.07) is 2.26. The van der Waals surface area contributed by atoms with Crippen LogP contribution in [0, 0.1) is 5.82 Å². The Morgan fingerprint density at radius 3 is 2.65 bits per heavy atom. The van der Waals surface area contributed by atoms with Crippen molar-refractivity contribution >= 4 is 29.1 Å². The Labute approximate surface area is 110 Å². The Hall–Kier alpha value is -0.800. The summed E-state index contributed by atoms with van der Waals surface area (Å²) in [7, 11) is 0. The predicted molar refractivity (Wildman–Crippen MR) is 67.9 cm³/mol. The molecular weight excluding hydrogens is 264 g/mol. The molecule has 0 radical (unpaired) electrons. The Balaban J connectivity index is 2.85. The van der Waals surface area contributed by atoms with E-state index >= 15 is 0 Å². The highest BCUT2D eigenvalue weighted by atomic mass is 35.5. The molecule has 1 aromatic carbocycles. The van der Waals surface area contributed by atoms with E-state index in [4.69, 9.17) is 23.2 Å².